The van der Waals surface area contributed by atoms with Crippen molar-refractivity contribution in [3.8, 4) is 0 Å². The Morgan fingerprint density at radius 1 is 1.47 bits per heavy atom. The van der Waals surface area contributed by atoms with E-state index in [1.165, 1.54) is 0 Å². The number of hydrogen-bond acceptors (Lipinski definition) is 5. The van der Waals surface area contributed by atoms with Gasteiger partial charge in [-0.1, -0.05) is 5.21 Å². The second kappa shape index (κ2) is 5.19. The van der Waals surface area contributed by atoms with E-state index in [-0.39, 0.29) is 0 Å². The Morgan fingerprint density at radius 2 is 2.20 bits per heavy atom. The van der Waals surface area contributed by atoms with Crippen LogP contribution in [-0.4, -0.2) is 42.8 Å². The summed E-state index contributed by atoms with van der Waals surface area (Å²) < 4.78 is 25.5. The topological polar surface area (TPSA) is 88.9 Å². The Balaban J connectivity index is 2.15. The van der Waals surface area contributed by atoms with Crippen molar-refractivity contribution < 1.29 is 8.42 Å². The highest BCUT2D eigenvalue weighted by atomic mass is 32.2. The molecule has 0 saturated heterocycles. The first-order chi connectivity index (χ1) is 6.99. The normalized spacial score (nSPS) is 11.9. The lowest BCUT2D eigenvalue weighted by Crippen LogP contribution is -2.31. The number of rotatable bonds is 6. The predicted molar refractivity (Wildman–Crippen MR) is 55.6 cm³/mol. The van der Waals surface area contributed by atoms with E-state index in [0.717, 1.165) is 11.9 Å². The van der Waals surface area contributed by atoms with Crippen molar-refractivity contribution in [1.82, 2.24) is 25.0 Å². The molecule has 1 aromatic heterocycles. The number of nitrogens with zero attached hydrogens (tertiary/aromatic N) is 3. The third-order valence-electron chi connectivity index (χ3n) is 1.78. The van der Waals surface area contributed by atoms with Gasteiger partial charge in [0, 0.05) is 26.7 Å². The molecule has 0 radical (unpaired) electrons. The van der Waals surface area contributed by atoms with Crippen LogP contribution in [0.25, 0.3) is 0 Å². The molecule has 0 aliphatic heterocycles. The van der Waals surface area contributed by atoms with Gasteiger partial charge in [0.25, 0.3) is 0 Å². The lowest BCUT2D eigenvalue weighted by molar-refractivity contribution is 0.577. The van der Waals surface area contributed by atoms with Crippen LogP contribution in [0.3, 0.4) is 0 Å². The zero-order valence-electron chi connectivity index (χ0n) is 8.77. The van der Waals surface area contributed by atoms with E-state index < -0.39 is 10.0 Å². The van der Waals surface area contributed by atoms with E-state index in [2.05, 4.69) is 20.4 Å². The molecule has 1 rings (SSSR count). The molecule has 86 valence electrons. The van der Waals surface area contributed by atoms with Crippen molar-refractivity contribution in [2.45, 2.75) is 6.54 Å². The molecule has 2 N–H and O–H groups in total. The molecule has 1 aromatic rings. The standard InChI is InChI=1S/C7H15N5O2S/c1-12-7(6-9-11-12)5-8-3-4-10-15(2,13)14/h6,8,10H,3-5H2,1-2H3. The van der Waals surface area contributed by atoms with Gasteiger partial charge in [0.1, 0.15) is 0 Å². The highest BCUT2D eigenvalue weighted by molar-refractivity contribution is 7.88. The highest BCUT2D eigenvalue weighted by Crippen LogP contribution is 1.90. The van der Waals surface area contributed by atoms with E-state index >= 15 is 0 Å². The monoisotopic (exact) mass is 233 g/mol. The smallest absolute Gasteiger partial charge is 0.208 e. The SMILES string of the molecule is Cn1nncc1CNCCNS(C)(=O)=O. The van der Waals surface area contributed by atoms with Crippen LogP contribution in [0, 0.1) is 0 Å². The van der Waals surface area contributed by atoms with Gasteiger partial charge in [0.05, 0.1) is 18.1 Å². The fraction of sp³-hybridized carbons (Fsp3) is 0.714. The molecule has 0 saturated carbocycles. The van der Waals surface area contributed by atoms with E-state index in [9.17, 15) is 8.42 Å². The number of aryl methyl sites for hydroxylation is 1. The first-order valence-electron chi connectivity index (χ1n) is 4.48. The van der Waals surface area contributed by atoms with Gasteiger partial charge in [-0.25, -0.2) is 13.1 Å². The fourth-order valence-electron chi connectivity index (χ4n) is 1.01. The summed E-state index contributed by atoms with van der Waals surface area (Å²) in [5, 5.41) is 10.6. The molecule has 15 heavy (non-hydrogen) atoms. The summed E-state index contributed by atoms with van der Waals surface area (Å²) in [6, 6.07) is 0. The molecule has 1 heterocycles. The Morgan fingerprint density at radius 3 is 2.73 bits per heavy atom. The van der Waals surface area contributed by atoms with Gasteiger partial charge in [-0.05, 0) is 0 Å². The lowest BCUT2D eigenvalue weighted by atomic mass is 10.4. The number of sulfonamides is 1. The maximum absolute atomic E-state index is 10.7. The van der Waals surface area contributed by atoms with E-state index in [1.807, 2.05) is 0 Å². The van der Waals surface area contributed by atoms with Crippen LogP contribution < -0.4 is 10.0 Å². The summed E-state index contributed by atoms with van der Waals surface area (Å²) in [6.07, 6.45) is 2.80. The molecule has 8 heteroatoms. The quantitative estimate of drug-likeness (QED) is 0.581. The Hall–Kier alpha value is -0.990. The second-order valence-corrected chi connectivity index (χ2v) is 5.03. The maximum Gasteiger partial charge on any atom is 0.208 e. The molecule has 0 bridgehead atoms. The van der Waals surface area contributed by atoms with Crippen LogP contribution in [0.4, 0.5) is 0 Å². The van der Waals surface area contributed by atoms with Crippen LogP contribution >= 0.6 is 0 Å². The van der Waals surface area contributed by atoms with E-state index in [0.29, 0.717) is 19.6 Å². The largest absolute Gasteiger partial charge is 0.310 e. The van der Waals surface area contributed by atoms with Crippen LogP contribution in [0.15, 0.2) is 6.20 Å². The molecule has 0 aliphatic carbocycles. The van der Waals surface area contributed by atoms with Gasteiger partial charge in [0.15, 0.2) is 0 Å². The van der Waals surface area contributed by atoms with Gasteiger partial charge >= 0.3 is 0 Å². The first kappa shape index (κ1) is 12.1. The van der Waals surface area contributed by atoms with Gasteiger partial charge < -0.3 is 5.32 Å². The van der Waals surface area contributed by atoms with Crippen molar-refractivity contribution in [1.29, 1.82) is 0 Å². The summed E-state index contributed by atoms with van der Waals surface area (Å²) in [5.74, 6) is 0. The Bertz CT molecular complexity index is 399. The number of aromatic nitrogens is 3. The molecular formula is C7H15N5O2S. The molecular weight excluding hydrogens is 218 g/mol. The molecule has 0 aromatic carbocycles. The molecule has 0 fully saturated rings. The van der Waals surface area contributed by atoms with Crippen molar-refractivity contribution in [2.75, 3.05) is 19.3 Å². The summed E-state index contributed by atoms with van der Waals surface area (Å²) in [4.78, 5) is 0. The minimum absolute atomic E-state index is 0.379. The lowest BCUT2D eigenvalue weighted by Gasteiger charge is -2.04. The first-order valence-corrected chi connectivity index (χ1v) is 6.37. The van der Waals surface area contributed by atoms with Crippen molar-refractivity contribution in [3.05, 3.63) is 11.9 Å². The van der Waals surface area contributed by atoms with Gasteiger partial charge in [-0.2, -0.15) is 0 Å². The highest BCUT2D eigenvalue weighted by Gasteiger charge is 2.00. The van der Waals surface area contributed by atoms with Crippen LogP contribution in [0.2, 0.25) is 0 Å². The third kappa shape index (κ3) is 4.86. The van der Waals surface area contributed by atoms with Gasteiger partial charge in [0.2, 0.25) is 10.0 Å². The molecule has 0 spiro atoms. The second-order valence-electron chi connectivity index (χ2n) is 3.19. The zero-order chi connectivity index (χ0) is 11.3. The summed E-state index contributed by atoms with van der Waals surface area (Å²) in [5.41, 5.74) is 0.953. The van der Waals surface area contributed by atoms with E-state index in [4.69, 9.17) is 0 Å². The predicted octanol–water partition coefficient (Wildman–Crippen LogP) is -1.55. The minimum Gasteiger partial charge on any atom is -0.310 e. The Labute approximate surface area is 88.9 Å². The van der Waals surface area contributed by atoms with Crippen LogP contribution in [0.1, 0.15) is 5.69 Å². The van der Waals surface area contributed by atoms with Crippen molar-refractivity contribution in [2.24, 2.45) is 7.05 Å². The van der Waals surface area contributed by atoms with Crippen LogP contribution in [0.5, 0.6) is 0 Å². The zero-order valence-corrected chi connectivity index (χ0v) is 9.58. The number of nitrogens with one attached hydrogen (secondary N) is 2. The molecule has 0 atom stereocenters. The fourth-order valence-corrected chi connectivity index (χ4v) is 1.49. The molecule has 7 nitrogen and oxygen atoms in total. The molecule has 0 amide bonds. The summed E-state index contributed by atoms with van der Waals surface area (Å²) in [6.45, 7) is 1.57. The summed E-state index contributed by atoms with van der Waals surface area (Å²) >= 11 is 0. The minimum atomic E-state index is -3.09. The average Bonchev–Trinajstić information content (AvgIpc) is 2.49. The Kier molecular flexibility index (Phi) is 4.18. The van der Waals surface area contributed by atoms with Crippen molar-refractivity contribution in [3.63, 3.8) is 0 Å². The van der Waals surface area contributed by atoms with Gasteiger partial charge in [-0.3, -0.25) is 4.68 Å². The van der Waals surface area contributed by atoms with Crippen LogP contribution in [-0.2, 0) is 23.6 Å². The van der Waals surface area contributed by atoms with Gasteiger partial charge in [-0.15, -0.1) is 5.10 Å². The summed E-state index contributed by atoms with van der Waals surface area (Å²) in [7, 11) is -1.28. The number of hydrogen-bond donors (Lipinski definition) is 2. The molecule has 0 aliphatic rings. The maximum atomic E-state index is 10.7. The van der Waals surface area contributed by atoms with E-state index in [1.54, 1.807) is 17.9 Å². The van der Waals surface area contributed by atoms with Crippen molar-refractivity contribution >= 4 is 10.0 Å². The molecule has 0 unspecified atom stereocenters. The average molecular weight is 233 g/mol. The third-order valence-corrected chi connectivity index (χ3v) is 2.51.